The van der Waals surface area contributed by atoms with Gasteiger partial charge in [-0.25, -0.2) is 0 Å². The second-order valence-corrected chi connectivity index (χ2v) is 5.10. The van der Waals surface area contributed by atoms with Crippen molar-refractivity contribution in [1.82, 2.24) is 4.98 Å². The van der Waals surface area contributed by atoms with Gasteiger partial charge in [-0.05, 0) is 31.2 Å². The molecule has 1 amide bonds. The van der Waals surface area contributed by atoms with Crippen LogP contribution in [0.3, 0.4) is 0 Å². The van der Waals surface area contributed by atoms with Crippen LogP contribution in [0.5, 0.6) is 0 Å². The van der Waals surface area contributed by atoms with E-state index in [2.05, 4.69) is 10.3 Å². The maximum Gasteiger partial charge on any atom is 0.257 e. The molecule has 3 rings (SSSR count). The maximum absolute atomic E-state index is 11.8. The fourth-order valence-corrected chi connectivity index (χ4v) is 2.85. The summed E-state index contributed by atoms with van der Waals surface area (Å²) in [7, 11) is 0. The van der Waals surface area contributed by atoms with Gasteiger partial charge in [-0.2, -0.15) is 0 Å². The van der Waals surface area contributed by atoms with E-state index in [1.165, 1.54) is 18.3 Å². The normalized spacial score (nSPS) is 15.8. The number of rotatable bonds is 2. The van der Waals surface area contributed by atoms with Gasteiger partial charge in [0, 0.05) is 17.5 Å². The zero-order valence-corrected chi connectivity index (χ0v) is 10.4. The highest BCUT2D eigenvalue weighted by molar-refractivity contribution is 7.18. The fraction of sp³-hybridized carbons (Fsp3) is 0.0769. The first kappa shape index (κ1) is 11.0. The fourth-order valence-electron chi connectivity index (χ4n) is 1.88. The Labute approximate surface area is 107 Å². The second-order valence-electron chi connectivity index (χ2n) is 4.05. The van der Waals surface area contributed by atoms with E-state index in [0.717, 1.165) is 16.3 Å². The molecule has 0 saturated heterocycles. The predicted octanol–water partition coefficient (Wildman–Crippen LogP) is 2.77. The third-order valence-corrected chi connectivity index (χ3v) is 3.91. The van der Waals surface area contributed by atoms with E-state index in [1.54, 1.807) is 18.3 Å². The first-order valence-electron chi connectivity index (χ1n) is 5.47. The molecule has 5 heteroatoms. The first-order chi connectivity index (χ1) is 8.65. The zero-order valence-electron chi connectivity index (χ0n) is 9.61. The number of anilines is 1. The number of aromatic nitrogens is 1. The summed E-state index contributed by atoms with van der Waals surface area (Å²) in [5, 5.41) is 3.53. The summed E-state index contributed by atoms with van der Waals surface area (Å²) in [4.78, 5) is 26.8. The molecule has 2 N–H and O–H groups in total. The number of hydrogen-bond acceptors (Lipinski definition) is 3. The SMILES string of the molecule is CC(=O)c1cc2c(s1)NC(=O)C2=Cc1ccc[nH]1. The number of carbonyl (C=O) groups is 2. The highest BCUT2D eigenvalue weighted by atomic mass is 32.1. The number of amides is 1. The number of Topliss-reactive ketones (excluding diaryl/α,β-unsaturated/α-hetero) is 1. The molecule has 4 nitrogen and oxygen atoms in total. The molecule has 0 saturated carbocycles. The van der Waals surface area contributed by atoms with Gasteiger partial charge in [0.2, 0.25) is 0 Å². The first-order valence-corrected chi connectivity index (χ1v) is 6.28. The molecular formula is C13H10N2O2S. The van der Waals surface area contributed by atoms with Crippen LogP contribution in [0.4, 0.5) is 5.00 Å². The number of hydrogen-bond donors (Lipinski definition) is 2. The highest BCUT2D eigenvalue weighted by Crippen LogP contribution is 2.39. The summed E-state index contributed by atoms with van der Waals surface area (Å²) in [5.74, 6) is -0.108. The van der Waals surface area contributed by atoms with Crippen LogP contribution < -0.4 is 5.32 Å². The summed E-state index contributed by atoms with van der Waals surface area (Å²) in [6, 6.07) is 5.53. The monoisotopic (exact) mass is 258 g/mol. The number of nitrogens with one attached hydrogen (secondary N) is 2. The average Bonchev–Trinajstić information content (AvgIpc) is 2.98. The predicted molar refractivity (Wildman–Crippen MR) is 71.6 cm³/mol. The smallest absolute Gasteiger partial charge is 0.257 e. The van der Waals surface area contributed by atoms with Gasteiger partial charge < -0.3 is 10.3 Å². The Bertz CT molecular complexity index is 665. The molecule has 0 atom stereocenters. The molecule has 0 radical (unpaired) electrons. The summed E-state index contributed by atoms with van der Waals surface area (Å²) < 4.78 is 0. The average molecular weight is 258 g/mol. The third-order valence-electron chi connectivity index (χ3n) is 2.76. The number of ketones is 1. The quantitative estimate of drug-likeness (QED) is 0.642. The van der Waals surface area contributed by atoms with Crippen molar-refractivity contribution in [2.45, 2.75) is 6.92 Å². The molecule has 0 aromatic carbocycles. The van der Waals surface area contributed by atoms with Gasteiger partial charge in [-0.3, -0.25) is 9.59 Å². The van der Waals surface area contributed by atoms with Crippen LogP contribution >= 0.6 is 11.3 Å². The Balaban J connectivity index is 2.08. The largest absolute Gasteiger partial charge is 0.362 e. The van der Waals surface area contributed by atoms with Crippen LogP contribution in [0.2, 0.25) is 0 Å². The van der Waals surface area contributed by atoms with E-state index in [0.29, 0.717) is 10.5 Å². The minimum absolute atomic E-state index is 0.0165. The van der Waals surface area contributed by atoms with Crippen molar-refractivity contribution in [1.29, 1.82) is 0 Å². The van der Waals surface area contributed by atoms with Crippen molar-refractivity contribution in [2.24, 2.45) is 0 Å². The van der Waals surface area contributed by atoms with Crippen molar-refractivity contribution < 1.29 is 9.59 Å². The van der Waals surface area contributed by atoms with Gasteiger partial charge in [0.05, 0.1) is 10.5 Å². The van der Waals surface area contributed by atoms with E-state index < -0.39 is 0 Å². The minimum atomic E-state index is -0.124. The molecule has 0 spiro atoms. The Kier molecular flexibility index (Phi) is 2.41. The van der Waals surface area contributed by atoms with E-state index in [-0.39, 0.29) is 11.7 Å². The van der Waals surface area contributed by atoms with Crippen LogP contribution in [0.15, 0.2) is 24.4 Å². The summed E-state index contributed by atoms with van der Waals surface area (Å²) in [6.07, 6.45) is 3.59. The number of thiophene rings is 1. The Morgan fingerprint density at radius 1 is 1.44 bits per heavy atom. The van der Waals surface area contributed by atoms with Crippen LogP contribution in [-0.2, 0) is 4.79 Å². The third kappa shape index (κ3) is 1.69. The van der Waals surface area contributed by atoms with Crippen LogP contribution in [0.1, 0.15) is 27.9 Å². The highest BCUT2D eigenvalue weighted by Gasteiger charge is 2.27. The van der Waals surface area contributed by atoms with Crippen LogP contribution in [0, 0.1) is 0 Å². The van der Waals surface area contributed by atoms with Gasteiger partial charge in [-0.15, -0.1) is 11.3 Å². The molecule has 1 aliphatic rings. The van der Waals surface area contributed by atoms with Crippen LogP contribution in [0.25, 0.3) is 11.6 Å². The second kappa shape index (κ2) is 3.96. The van der Waals surface area contributed by atoms with Gasteiger partial charge in [-0.1, -0.05) is 0 Å². The van der Waals surface area contributed by atoms with Crippen molar-refractivity contribution >= 4 is 39.7 Å². The number of H-pyrrole nitrogens is 1. The molecule has 0 aliphatic carbocycles. The lowest BCUT2D eigenvalue weighted by atomic mass is 10.1. The molecule has 90 valence electrons. The van der Waals surface area contributed by atoms with E-state index in [1.807, 2.05) is 12.1 Å². The molecule has 0 unspecified atom stereocenters. The number of carbonyl (C=O) groups excluding carboxylic acids is 2. The molecule has 0 fully saturated rings. The van der Waals surface area contributed by atoms with Gasteiger partial charge in [0.15, 0.2) is 5.78 Å². The molecular weight excluding hydrogens is 248 g/mol. The molecule has 0 bridgehead atoms. The molecule has 3 heterocycles. The molecule has 1 aliphatic heterocycles. The van der Waals surface area contributed by atoms with Gasteiger partial charge >= 0.3 is 0 Å². The minimum Gasteiger partial charge on any atom is -0.362 e. The Hall–Kier alpha value is -2.14. The van der Waals surface area contributed by atoms with E-state index in [4.69, 9.17) is 0 Å². The standard InChI is InChI=1S/C13H10N2O2S/c1-7(16)11-6-10-9(5-8-3-2-4-14-8)12(17)15-13(10)18-11/h2-6,14H,1H3,(H,15,17). The Morgan fingerprint density at radius 3 is 2.94 bits per heavy atom. The molecule has 18 heavy (non-hydrogen) atoms. The van der Waals surface area contributed by atoms with Gasteiger partial charge in [0.25, 0.3) is 5.91 Å². The van der Waals surface area contributed by atoms with E-state index >= 15 is 0 Å². The molecule has 2 aromatic rings. The van der Waals surface area contributed by atoms with E-state index in [9.17, 15) is 9.59 Å². The summed E-state index contributed by atoms with van der Waals surface area (Å²) >= 11 is 1.32. The summed E-state index contributed by atoms with van der Waals surface area (Å²) in [6.45, 7) is 1.52. The lowest BCUT2D eigenvalue weighted by molar-refractivity contribution is -0.110. The van der Waals surface area contributed by atoms with Crippen molar-refractivity contribution in [2.75, 3.05) is 5.32 Å². The van der Waals surface area contributed by atoms with Gasteiger partial charge in [0.1, 0.15) is 5.00 Å². The Morgan fingerprint density at radius 2 is 2.28 bits per heavy atom. The number of fused-ring (bicyclic) bond motifs is 1. The molecule has 2 aromatic heterocycles. The topological polar surface area (TPSA) is 62.0 Å². The van der Waals surface area contributed by atoms with Crippen molar-refractivity contribution in [3.63, 3.8) is 0 Å². The number of aromatic amines is 1. The van der Waals surface area contributed by atoms with Crippen molar-refractivity contribution in [3.8, 4) is 0 Å². The lowest BCUT2D eigenvalue weighted by Crippen LogP contribution is -2.04. The maximum atomic E-state index is 11.8. The van der Waals surface area contributed by atoms with Crippen molar-refractivity contribution in [3.05, 3.63) is 40.5 Å². The summed E-state index contributed by atoms with van der Waals surface area (Å²) in [5.41, 5.74) is 2.27. The van der Waals surface area contributed by atoms with Crippen LogP contribution in [-0.4, -0.2) is 16.7 Å². The lowest BCUT2D eigenvalue weighted by Gasteiger charge is -1.95. The zero-order chi connectivity index (χ0) is 12.7.